The molecule has 0 saturated heterocycles. The number of likely N-dealkylation sites (N-methyl/N-ethyl adjacent to an activating group) is 1. The molecule has 0 spiro atoms. The summed E-state index contributed by atoms with van der Waals surface area (Å²) in [7, 11) is 2.15. The molecule has 2 N–H and O–H groups in total. The summed E-state index contributed by atoms with van der Waals surface area (Å²) >= 11 is 0. The van der Waals surface area contributed by atoms with Crippen molar-refractivity contribution in [3.63, 3.8) is 0 Å². The van der Waals surface area contributed by atoms with Crippen LogP contribution in [0.25, 0.3) is 0 Å². The van der Waals surface area contributed by atoms with Gasteiger partial charge in [0.25, 0.3) is 5.91 Å². The van der Waals surface area contributed by atoms with E-state index in [9.17, 15) is 4.79 Å². The third kappa shape index (κ3) is 3.21. The van der Waals surface area contributed by atoms with Crippen LogP contribution in [0.5, 0.6) is 0 Å². The van der Waals surface area contributed by atoms with Crippen LogP contribution < -0.4 is 10.6 Å². The first-order chi connectivity index (χ1) is 10.2. The van der Waals surface area contributed by atoms with Crippen LogP contribution in [0.2, 0.25) is 0 Å². The molecule has 4 nitrogen and oxygen atoms in total. The standard InChI is InChI=1S/C17H25N3O/c1-12(20(2)14-8-9-14)11-19-17(21)15-7-3-5-13-6-4-10-18-16(13)15/h3,5,7,12,14,18H,4,6,8-11H2,1-2H3,(H,19,21). The van der Waals surface area contributed by atoms with Gasteiger partial charge in [-0.1, -0.05) is 12.1 Å². The summed E-state index contributed by atoms with van der Waals surface area (Å²) in [5.41, 5.74) is 3.08. The van der Waals surface area contributed by atoms with E-state index in [4.69, 9.17) is 0 Å². The minimum absolute atomic E-state index is 0.0392. The molecule has 114 valence electrons. The molecule has 4 heteroatoms. The van der Waals surface area contributed by atoms with E-state index in [1.807, 2.05) is 12.1 Å². The summed E-state index contributed by atoms with van der Waals surface area (Å²) in [5.74, 6) is 0.0392. The number of rotatable bonds is 5. The highest BCUT2D eigenvalue weighted by molar-refractivity contribution is 6.00. The molecule has 0 aromatic heterocycles. The maximum atomic E-state index is 12.5. The summed E-state index contributed by atoms with van der Waals surface area (Å²) < 4.78 is 0. The number of hydrogen-bond acceptors (Lipinski definition) is 3. The van der Waals surface area contributed by atoms with Crippen molar-refractivity contribution in [3.8, 4) is 0 Å². The number of anilines is 1. The number of nitrogens with one attached hydrogen (secondary N) is 2. The summed E-state index contributed by atoms with van der Waals surface area (Å²) in [5, 5.41) is 6.47. The maximum Gasteiger partial charge on any atom is 0.253 e. The van der Waals surface area contributed by atoms with E-state index >= 15 is 0 Å². The zero-order valence-corrected chi connectivity index (χ0v) is 13.0. The lowest BCUT2D eigenvalue weighted by Crippen LogP contribution is -2.41. The number of aryl methyl sites for hydroxylation is 1. The van der Waals surface area contributed by atoms with Gasteiger partial charge in [-0.15, -0.1) is 0 Å². The number of carbonyl (C=O) groups excluding carboxylic acids is 1. The van der Waals surface area contributed by atoms with Gasteiger partial charge in [0.05, 0.1) is 11.3 Å². The Morgan fingerprint density at radius 2 is 2.29 bits per heavy atom. The molecule has 1 aromatic carbocycles. The van der Waals surface area contributed by atoms with Gasteiger partial charge >= 0.3 is 0 Å². The first-order valence-corrected chi connectivity index (χ1v) is 8.02. The molecule has 0 radical (unpaired) electrons. The quantitative estimate of drug-likeness (QED) is 0.873. The summed E-state index contributed by atoms with van der Waals surface area (Å²) in [4.78, 5) is 14.8. The van der Waals surface area contributed by atoms with Gasteiger partial charge in [-0.2, -0.15) is 0 Å². The van der Waals surface area contributed by atoms with Gasteiger partial charge < -0.3 is 10.6 Å². The lowest BCUT2D eigenvalue weighted by atomic mass is 9.99. The Morgan fingerprint density at radius 1 is 1.48 bits per heavy atom. The fourth-order valence-corrected chi connectivity index (χ4v) is 3.02. The Balaban J connectivity index is 1.62. The molecule has 3 rings (SSSR count). The molecular formula is C17H25N3O. The molecule has 1 heterocycles. The van der Waals surface area contributed by atoms with Crippen molar-refractivity contribution in [1.82, 2.24) is 10.2 Å². The van der Waals surface area contributed by atoms with Crippen LogP contribution in [-0.2, 0) is 6.42 Å². The molecular weight excluding hydrogens is 262 g/mol. The SMILES string of the molecule is CC(CNC(=O)c1cccc2c1NCCC2)N(C)C1CC1. The number of carbonyl (C=O) groups is 1. The van der Waals surface area contributed by atoms with E-state index in [0.717, 1.165) is 36.7 Å². The van der Waals surface area contributed by atoms with Crippen LogP contribution in [0.15, 0.2) is 18.2 Å². The highest BCUT2D eigenvalue weighted by Gasteiger charge is 2.29. The third-order valence-corrected chi connectivity index (χ3v) is 4.70. The Bertz CT molecular complexity index is 525. The predicted molar refractivity (Wildman–Crippen MR) is 85.8 cm³/mol. The van der Waals surface area contributed by atoms with Gasteiger partial charge in [0.15, 0.2) is 0 Å². The molecule has 1 aliphatic heterocycles. The topological polar surface area (TPSA) is 44.4 Å². The van der Waals surface area contributed by atoms with Crippen LogP contribution in [0.3, 0.4) is 0 Å². The molecule has 1 fully saturated rings. The number of nitrogens with zero attached hydrogens (tertiary/aromatic N) is 1. The minimum atomic E-state index is 0.0392. The first-order valence-electron chi connectivity index (χ1n) is 8.02. The second-order valence-corrected chi connectivity index (χ2v) is 6.33. The first kappa shape index (κ1) is 14.4. The Labute approximate surface area is 126 Å². The Hall–Kier alpha value is -1.55. The zero-order valence-electron chi connectivity index (χ0n) is 13.0. The molecule has 1 amide bonds. The monoisotopic (exact) mass is 287 g/mol. The van der Waals surface area contributed by atoms with Crippen molar-refractivity contribution in [2.75, 3.05) is 25.5 Å². The van der Waals surface area contributed by atoms with Crippen molar-refractivity contribution in [3.05, 3.63) is 29.3 Å². The molecule has 2 aliphatic rings. The molecule has 1 unspecified atom stereocenters. The van der Waals surface area contributed by atoms with Crippen molar-refractivity contribution in [2.45, 2.75) is 44.7 Å². The van der Waals surface area contributed by atoms with Crippen LogP contribution in [0.4, 0.5) is 5.69 Å². The number of para-hydroxylation sites is 1. The maximum absolute atomic E-state index is 12.5. The lowest BCUT2D eigenvalue weighted by Gasteiger charge is -2.25. The van der Waals surface area contributed by atoms with Crippen LogP contribution >= 0.6 is 0 Å². The number of amides is 1. The van der Waals surface area contributed by atoms with Gasteiger partial charge in [-0.25, -0.2) is 0 Å². The fourth-order valence-electron chi connectivity index (χ4n) is 3.02. The van der Waals surface area contributed by atoms with Crippen LogP contribution in [0, 0.1) is 0 Å². The average Bonchev–Trinajstić information content (AvgIpc) is 3.35. The van der Waals surface area contributed by atoms with Crippen molar-refractivity contribution >= 4 is 11.6 Å². The second-order valence-electron chi connectivity index (χ2n) is 6.33. The van der Waals surface area contributed by atoms with E-state index in [1.54, 1.807) is 0 Å². The fraction of sp³-hybridized carbons (Fsp3) is 0.588. The van der Waals surface area contributed by atoms with Gasteiger partial charge in [-0.3, -0.25) is 9.69 Å². The lowest BCUT2D eigenvalue weighted by molar-refractivity contribution is 0.0940. The minimum Gasteiger partial charge on any atom is -0.384 e. The number of benzene rings is 1. The normalized spacial score (nSPS) is 18.8. The highest BCUT2D eigenvalue weighted by atomic mass is 16.1. The molecule has 0 bridgehead atoms. The van der Waals surface area contributed by atoms with E-state index in [1.165, 1.54) is 18.4 Å². The average molecular weight is 287 g/mol. The van der Waals surface area contributed by atoms with Gasteiger partial charge in [0, 0.05) is 25.2 Å². The van der Waals surface area contributed by atoms with E-state index < -0.39 is 0 Å². The predicted octanol–water partition coefficient (Wildman–Crippen LogP) is 2.26. The molecule has 1 aromatic rings. The largest absolute Gasteiger partial charge is 0.384 e. The summed E-state index contributed by atoms with van der Waals surface area (Å²) in [6.45, 7) is 3.84. The van der Waals surface area contributed by atoms with Gasteiger partial charge in [-0.05, 0) is 51.3 Å². The molecule has 1 atom stereocenters. The van der Waals surface area contributed by atoms with Gasteiger partial charge in [0.1, 0.15) is 0 Å². The zero-order chi connectivity index (χ0) is 14.8. The van der Waals surface area contributed by atoms with E-state index in [0.29, 0.717) is 12.6 Å². The molecule has 1 aliphatic carbocycles. The molecule has 21 heavy (non-hydrogen) atoms. The van der Waals surface area contributed by atoms with Gasteiger partial charge in [0.2, 0.25) is 0 Å². The van der Waals surface area contributed by atoms with Crippen molar-refractivity contribution in [1.29, 1.82) is 0 Å². The summed E-state index contributed by atoms with van der Waals surface area (Å²) in [6.07, 6.45) is 4.79. The van der Waals surface area contributed by atoms with Crippen molar-refractivity contribution < 1.29 is 4.79 Å². The Kier molecular flexibility index (Phi) is 4.15. The smallest absolute Gasteiger partial charge is 0.253 e. The molecule has 1 saturated carbocycles. The Morgan fingerprint density at radius 3 is 3.05 bits per heavy atom. The third-order valence-electron chi connectivity index (χ3n) is 4.70. The second kappa shape index (κ2) is 6.06. The van der Waals surface area contributed by atoms with E-state index in [-0.39, 0.29) is 5.91 Å². The van der Waals surface area contributed by atoms with E-state index in [2.05, 4.69) is 35.6 Å². The number of fused-ring (bicyclic) bond motifs is 1. The van der Waals surface area contributed by atoms with Crippen LogP contribution in [-0.4, -0.2) is 43.0 Å². The summed E-state index contributed by atoms with van der Waals surface area (Å²) in [6, 6.07) is 7.13. The highest BCUT2D eigenvalue weighted by Crippen LogP contribution is 2.27. The number of hydrogen-bond donors (Lipinski definition) is 2. The van der Waals surface area contributed by atoms with Crippen LogP contribution in [0.1, 0.15) is 42.1 Å². The van der Waals surface area contributed by atoms with Crippen molar-refractivity contribution in [2.24, 2.45) is 0 Å².